The maximum atomic E-state index is 12.4. The second-order valence-corrected chi connectivity index (χ2v) is 6.25. The first-order valence-electron chi connectivity index (χ1n) is 7.69. The average Bonchev–Trinajstić information content (AvgIpc) is 2.52. The molecular formula is C16H19N3O2S. The Morgan fingerprint density at radius 2 is 2.00 bits per heavy atom. The molecule has 0 unspecified atom stereocenters. The lowest BCUT2D eigenvalue weighted by atomic mass is 9.87. The molecule has 6 heteroatoms. The number of carbonyl (C=O) groups is 1. The van der Waals surface area contributed by atoms with Crippen LogP contribution in [0.4, 0.5) is 0 Å². The van der Waals surface area contributed by atoms with E-state index < -0.39 is 0 Å². The summed E-state index contributed by atoms with van der Waals surface area (Å²) in [6.45, 7) is 0. The number of fused-ring (bicyclic) bond motifs is 1. The standard InChI is InChI=1S/C16H19N3O2S/c20-14(10-11-6-2-1-3-7-11)18-19-15(21)12-8-4-5-9-13(12)17-16(19)22/h4-5,8-9,11H,1-3,6-7,10H2,(H,17,22)(H,18,20). The molecule has 1 aliphatic rings. The number of benzene rings is 1. The van der Waals surface area contributed by atoms with E-state index in [0.717, 1.165) is 17.5 Å². The van der Waals surface area contributed by atoms with Crippen LogP contribution in [0, 0.1) is 10.7 Å². The number of aromatic nitrogens is 2. The molecule has 0 atom stereocenters. The predicted molar refractivity (Wildman–Crippen MR) is 89.0 cm³/mol. The molecule has 1 aliphatic carbocycles. The largest absolute Gasteiger partial charge is 0.330 e. The Hall–Kier alpha value is -1.95. The third kappa shape index (κ3) is 3.11. The highest BCUT2D eigenvalue weighted by atomic mass is 32.1. The van der Waals surface area contributed by atoms with E-state index in [4.69, 9.17) is 12.2 Å². The van der Waals surface area contributed by atoms with Gasteiger partial charge in [-0.25, -0.2) is 0 Å². The van der Waals surface area contributed by atoms with Crippen LogP contribution in [0.1, 0.15) is 38.5 Å². The number of nitrogens with zero attached hydrogens (tertiary/aromatic N) is 1. The number of hydrogen-bond acceptors (Lipinski definition) is 3. The summed E-state index contributed by atoms with van der Waals surface area (Å²) in [5.41, 5.74) is 3.03. The smallest absolute Gasteiger partial charge is 0.281 e. The van der Waals surface area contributed by atoms with E-state index in [9.17, 15) is 9.59 Å². The summed E-state index contributed by atoms with van der Waals surface area (Å²) < 4.78 is 1.35. The first-order chi connectivity index (χ1) is 10.6. The number of rotatable bonds is 3. The molecule has 0 aliphatic heterocycles. The van der Waals surface area contributed by atoms with Crippen molar-refractivity contribution in [2.45, 2.75) is 38.5 Å². The Kier molecular flexibility index (Phi) is 4.38. The maximum absolute atomic E-state index is 12.4. The molecule has 1 fully saturated rings. The minimum atomic E-state index is -0.295. The Morgan fingerprint density at radius 3 is 2.77 bits per heavy atom. The lowest BCUT2D eigenvalue weighted by Gasteiger charge is -2.21. The summed E-state index contributed by atoms with van der Waals surface area (Å²) in [5, 5.41) is 0.508. The van der Waals surface area contributed by atoms with Gasteiger partial charge in [0.1, 0.15) is 0 Å². The fourth-order valence-corrected chi connectivity index (χ4v) is 3.33. The molecule has 3 rings (SSSR count). The SMILES string of the molecule is O=C(CC1CCCCC1)Nn1c(=S)[nH]c2ccccc2c1=O. The summed E-state index contributed by atoms with van der Waals surface area (Å²) in [6.07, 6.45) is 6.27. The van der Waals surface area contributed by atoms with Crippen molar-refractivity contribution in [3.05, 3.63) is 39.4 Å². The monoisotopic (exact) mass is 317 g/mol. The second-order valence-electron chi connectivity index (χ2n) is 5.86. The van der Waals surface area contributed by atoms with Gasteiger partial charge in [-0.05, 0) is 43.1 Å². The van der Waals surface area contributed by atoms with Gasteiger partial charge in [0.25, 0.3) is 5.56 Å². The zero-order valence-corrected chi connectivity index (χ0v) is 13.1. The van der Waals surface area contributed by atoms with Crippen LogP contribution in [-0.2, 0) is 4.79 Å². The molecule has 1 amide bonds. The van der Waals surface area contributed by atoms with Crippen LogP contribution in [-0.4, -0.2) is 15.6 Å². The van der Waals surface area contributed by atoms with E-state index in [2.05, 4.69) is 10.4 Å². The van der Waals surface area contributed by atoms with Crippen LogP contribution >= 0.6 is 12.2 Å². The molecule has 1 heterocycles. The number of hydrogen-bond donors (Lipinski definition) is 2. The van der Waals surface area contributed by atoms with E-state index in [0.29, 0.717) is 23.2 Å². The van der Waals surface area contributed by atoms with Crippen molar-refractivity contribution in [2.24, 2.45) is 5.92 Å². The lowest BCUT2D eigenvalue weighted by molar-refractivity contribution is -0.118. The predicted octanol–water partition coefficient (Wildman–Crippen LogP) is 3.10. The topological polar surface area (TPSA) is 66.9 Å². The fourth-order valence-electron chi connectivity index (χ4n) is 3.09. The molecule has 0 saturated heterocycles. The summed E-state index contributed by atoms with van der Waals surface area (Å²) in [4.78, 5) is 27.6. The molecule has 1 aromatic heterocycles. The van der Waals surface area contributed by atoms with E-state index in [1.807, 2.05) is 6.07 Å². The highest BCUT2D eigenvalue weighted by Crippen LogP contribution is 2.26. The Morgan fingerprint density at radius 1 is 1.27 bits per heavy atom. The fraction of sp³-hybridized carbons (Fsp3) is 0.438. The van der Waals surface area contributed by atoms with Crippen LogP contribution in [0.25, 0.3) is 10.9 Å². The number of carbonyl (C=O) groups excluding carboxylic acids is 1. The van der Waals surface area contributed by atoms with Crippen molar-refractivity contribution >= 4 is 29.0 Å². The molecule has 0 bridgehead atoms. The number of amides is 1. The maximum Gasteiger partial charge on any atom is 0.281 e. The third-order valence-corrected chi connectivity index (χ3v) is 4.53. The Bertz CT molecular complexity index is 803. The average molecular weight is 317 g/mol. The summed E-state index contributed by atoms with van der Waals surface area (Å²) in [7, 11) is 0. The summed E-state index contributed by atoms with van der Waals surface area (Å²) >= 11 is 5.18. The molecule has 22 heavy (non-hydrogen) atoms. The zero-order valence-electron chi connectivity index (χ0n) is 12.3. The number of nitrogens with one attached hydrogen (secondary N) is 2. The van der Waals surface area contributed by atoms with E-state index >= 15 is 0 Å². The number of para-hydroxylation sites is 1. The zero-order chi connectivity index (χ0) is 15.5. The highest BCUT2D eigenvalue weighted by molar-refractivity contribution is 7.71. The van der Waals surface area contributed by atoms with E-state index in [1.165, 1.54) is 19.3 Å². The molecule has 0 spiro atoms. The van der Waals surface area contributed by atoms with Crippen molar-refractivity contribution in [2.75, 3.05) is 5.43 Å². The molecule has 2 aromatic rings. The second kappa shape index (κ2) is 6.44. The normalized spacial score (nSPS) is 15.8. The first-order valence-corrected chi connectivity index (χ1v) is 8.10. The van der Waals surface area contributed by atoms with Crippen LogP contribution in [0.15, 0.2) is 29.1 Å². The van der Waals surface area contributed by atoms with Crippen LogP contribution < -0.4 is 11.0 Å². The van der Waals surface area contributed by atoms with Crippen LogP contribution in [0.2, 0.25) is 0 Å². The lowest BCUT2D eigenvalue weighted by Crippen LogP contribution is -2.35. The van der Waals surface area contributed by atoms with Gasteiger partial charge in [-0.2, -0.15) is 4.68 Å². The molecule has 0 radical (unpaired) electrons. The van der Waals surface area contributed by atoms with Crippen molar-refractivity contribution in [3.63, 3.8) is 0 Å². The van der Waals surface area contributed by atoms with Gasteiger partial charge < -0.3 is 4.98 Å². The van der Waals surface area contributed by atoms with Gasteiger partial charge in [-0.15, -0.1) is 0 Å². The minimum absolute atomic E-state index is 0.149. The summed E-state index contributed by atoms with van der Waals surface area (Å²) in [6, 6.07) is 7.13. The van der Waals surface area contributed by atoms with Gasteiger partial charge in [-0.3, -0.25) is 15.0 Å². The highest BCUT2D eigenvalue weighted by Gasteiger charge is 2.18. The molecule has 1 aromatic carbocycles. The molecule has 116 valence electrons. The molecule has 2 N–H and O–H groups in total. The van der Waals surface area contributed by atoms with Gasteiger partial charge in [0.05, 0.1) is 10.9 Å². The molecular weight excluding hydrogens is 298 g/mol. The first kappa shape index (κ1) is 15.0. The van der Waals surface area contributed by atoms with Crippen LogP contribution in [0.3, 0.4) is 0 Å². The van der Waals surface area contributed by atoms with Gasteiger partial charge in [0.2, 0.25) is 5.91 Å². The molecule has 1 saturated carbocycles. The van der Waals surface area contributed by atoms with Gasteiger partial charge in [0, 0.05) is 6.42 Å². The number of aromatic amines is 1. The van der Waals surface area contributed by atoms with Gasteiger partial charge >= 0.3 is 0 Å². The van der Waals surface area contributed by atoms with E-state index in [1.54, 1.807) is 18.2 Å². The van der Waals surface area contributed by atoms with Crippen molar-refractivity contribution < 1.29 is 4.79 Å². The van der Waals surface area contributed by atoms with Gasteiger partial charge in [0.15, 0.2) is 4.77 Å². The summed E-state index contributed by atoms with van der Waals surface area (Å²) in [5.74, 6) is 0.270. The van der Waals surface area contributed by atoms with Crippen molar-refractivity contribution in [3.8, 4) is 0 Å². The van der Waals surface area contributed by atoms with Crippen molar-refractivity contribution in [1.29, 1.82) is 0 Å². The van der Waals surface area contributed by atoms with Crippen molar-refractivity contribution in [1.82, 2.24) is 9.66 Å². The van der Waals surface area contributed by atoms with Crippen LogP contribution in [0.5, 0.6) is 0 Å². The molecule has 5 nitrogen and oxygen atoms in total. The third-order valence-electron chi connectivity index (χ3n) is 4.24. The minimum Gasteiger partial charge on any atom is -0.330 e. The van der Waals surface area contributed by atoms with Gasteiger partial charge in [-0.1, -0.05) is 31.4 Å². The Balaban J connectivity index is 1.82. The quantitative estimate of drug-likeness (QED) is 0.855. The Labute approximate surface area is 133 Å². The number of H-pyrrole nitrogens is 1. The van der Waals surface area contributed by atoms with E-state index in [-0.39, 0.29) is 16.2 Å².